The SMILES string of the molecule is CC(S)(CCCO)C(=O)O. The molecular weight excluding hydrogens is 152 g/mol. The van der Waals surface area contributed by atoms with E-state index in [0.29, 0.717) is 12.8 Å². The highest BCUT2D eigenvalue weighted by Crippen LogP contribution is 2.19. The summed E-state index contributed by atoms with van der Waals surface area (Å²) in [7, 11) is 0. The number of carbonyl (C=O) groups is 1. The van der Waals surface area contributed by atoms with Gasteiger partial charge in [-0.25, -0.2) is 0 Å². The molecule has 0 aromatic carbocycles. The Morgan fingerprint density at radius 2 is 2.20 bits per heavy atom. The first-order valence-electron chi connectivity index (χ1n) is 3.07. The van der Waals surface area contributed by atoms with Crippen LogP contribution in [-0.2, 0) is 4.79 Å². The van der Waals surface area contributed by atoms with E-state index in [1.54, 1.807) is 0 Å². The zero-order chi connectivity index (χ0) is 8.20. The van der Waals surface area contributed by atoms with Crippen molar-refractivity contribution in [2.45, 2.75) is 24.5 Å². The van der Waals surface area contributed by atoms with Crippen LogP contribution in [0.2, 0.25) is 0 Å². The van der Waals surface area contributed by atoms with Crippen molar-refractivity contribution in [2.24, 2.45) is 0 Å². The molecule has 0 aliphatic carbocycles. The zero-order valence-corrected chi connectivity index (χ0v) is 6.77. The molecule has 4 heteroatoms. The molecule has 0 amide bonds. The Hall–Kier alpha value is -0.220. The fourth-order valence-corrected chi connectivity index (χ4v) is 0.688. The molecule has 0 saturated carbocycles. The molecule has 10 heavy (non-hydrogen) atoms. The van der Waals surface area contributed by atoms with E-state index in [1.165, 1.54) is 6.92 Å². The lowest BCUT2D eigenvalue weighted by Crippen LogP contribution is -2.28. The fourth-order valence-electron chi connectivity index (χ4n) is 0.530. The van der Waals surface area contributed by atoms with Gasteiger partial charge in [-0.3, -0.25) is 4.79 Å². The largest absolute Gasteiger partial charge is 0.480 e. The summed E-state index contributed by atoms with van der Waals surface area (Å²) in [6.07, 6.45) is 0.869. The molecule has 0 heterocycles. The zero-order valence-electron chi connectivity index (χ0n) is 5.87. The second-order valence-corrected chi connectivity index (χ2v) is 3.39. The number of aliphatic carboxylic acids is 1. The first-order valence-corrected chi connectivity index (χ1v) is 3.52. The lowest BCUT2D eigenvalue weighted by Gasteiger charge is -2.16. The molecule has 3 nitrogen and oxygen atoms in total. The van der Waals surface area contributed by atoms with Gasteiger partial charge in [-0.2, -0.15) is 12.6 Å². The topological polar surface area (TPSA) is 57.5 Å². The summed E-state index contributed by atoms with van der Waals surface area (Å²) in [5.74, 6) is -0.940. The Morgan fingerprint density at radius 1 is 1.70 bits per heavy atom. The summed E-state index contributed by atoms with van der Waals surface area (Å²) in [4.78, 5) is 10.4. The number of thiol groups is 1. The Labute approximate surface area is 65.5 Å². The van der Waals surface area contributed by atoms with E-state index in [9.17, 15) is 4.79 Å². The first-order chi connectivity index (χ1) is 4.50. The third kappa shape index (κ3) is 3.08. The molecule has 1 unspecified atom stereocenters. The minimum atomic E-state index is -0.997. The molecule has 0 saturated heterocycles. The van der Waals surface area contributed by atoms with E-state index in [2.05, 4.69) is 12.6 Å². The molecular formula is C6H12O3S. The van der Waals surface area contributed by atoms with Crippen LogP contribution in [0.15, 0.2) is 0 Å². The lowest BCUT2D eigenvalue weighted by atomic mass is 10.1. The van der Waals surface area contributed by atoms with Crippen molar-refractivity contribution in [3.63, 3.8) is 0 Å². The molecule has 0 rings (SSSR count). The minimum Gasteiger partial charge on any atom is -0.480 e. The third-order valence-electron chi connectivity index (χ3n) is 1.28. The van der Waals surface area contributed by atoms with E-state index in [1.807, 2.05) is 0 Å². The van der Waals surface area contributed by atoms with Crippen molar-refractivity contribution in [3.8, 4) is 0 Å². The van der Waals surface area contributed by atoms with E-state index >= 15 is 0 Å². The normalized spacial score (nSPS) is 16.3. The fraction of sp³-hybridized carbons (Fsp3) is 0.833. The molecule has 0 aromatic rings. The molecule has 1 atom stereocenters. The van der Waals surface area contributed by atoms with Gasteiger partial charge in [0.05, 0.1) is 0 Å². The van der Waals surface area contributed by atoms with Gasteiger partial charge in [0, 0.05) is 6.61 Å². The van der Waals surface area contributed by atoms with E-state index in [0.717, 1.165) is 0 Å². The summed E-state index contributed by atoms with van der Waals surface area (Å²) in [5.41, 5.74) is 0. The third-order valence-corrected chi connectivity index (χ3v) is 1.70. The van der Waals surface area contributed by atoms with Crippen LogP contribution in [0.5, 0.6) is 0 Å². The van der Waals surface area contributed by atoms with Crippen LogP contribution >= 0.6 is 12.6 Å². The Bertz CT molecular complexity index is 122. The van der Waals surface area contributed by atoms with Gasteiger partial charge in [0.2, 0.25) is 0 Å². The first kappa shape index (κ1) is 9.78. The summed E-state index contributed by atoms with van der Waals surface area (Å²) in [6.45, 7) is 1.54. The van der Waals surface area contributed by atoms with E-state index < -0.39 is 10.7 Å². The summed E-state index contributed by atoms with van der Waals surface area (Å²) < 4.78 is -0.997. The molecule has 60 valence electrons. The Morgan fingerprint density at radius 3 is 2.50 bits per heavy atom. The van der Waals surface area contributed by atoms with Gasteiger partial charge >= 0.3 is 5.97 Å². The predicted octanol–water partition coefficient (Wildman–Crippen LogP) is 0.532. The van der Waals surface area contributed by atoms with Crippen molar-refractivity contribution in [3.05, 3.63) is 0 Å². The number of hydrogen-bond acceptors (Lipinski definition) is 3. The van der Waals surface area contributed by atoms with Crippen LogP contribution in [0.25, 0.3) is 0 Å². The van der Waals surface area contributed by atoms with Gasteiger partial charge in [0.15, 0.2) is 0 Å². The van der Waals surface area contributed by atoms with Gasteiger partial charge in [-0.15, -0.1) is 0 Å². The van der Waals surface area contributed by atoms with Crippen molar-refractivity contribution in [1.82, 2.24) is 0 Å². The minimum absolute atomic E-state index is 0.0173. The quantitative estimate of drug-likeness (QED) is 0.531. The van der Waals surface area contributed by atoms with Crippen LogP contribution in [0.1, 0.15) is 19.8 Å². The highest BCUT2D eigenvalue weighted by atomic mass is 32.1. The molecule has 0 radical (unpaired) electrons. The van der Waals surface area contributed by atoms with Crippen LogP contribution in [-0.4, -0.2) is 27.5 Å². The van der Waals surface area contributed by atoms with Gasteiger partial charge in [-0.05, 0) is 19.8 Å². The summed E-state index contributed by atoms with van der Waals surface area (Å²) in [5, 5.41) is 16.9. The van der Waals surface area contributed by atoms with E-state index in [4.69, 9.17) is 10.2 Å². The monoisotopic (exact) mass is 164 g/mol. The maximum atomic E-state index is 10.4. The van der Waals surface area contributed by atoms with Gasteiger partial charge in [0.25, 0.3) is 0 Å². The number of aliphatic hydroxyl groups is 1. The smallest absolute Gasteiger partial charge is 0.319 e. The number of rotatable bonds is 4. The Kier molecular flexibility index (Phi) is 3.75. The number of carboxylic acid groups (broad SMARTS) is 1. The predicted molar refractivity (Wildman–Crippen MR) is 41.3 cm³/mol. The van der Waals surface area contributed by atoms with Crippen LogP contribution in [0.3, 0.4) is 0 Å². The number of hydrogen-bond donors (Lipinski definition) is 3. The van der Waals surface area contributed by atoms with E-state index in [-0.39, 0.29) is 6.61 Å². The molecule has 0 aliphatic rings. The van der Waals surface area contributed by atoms with Gasteiger partial charge in [0.1, 0.15) is 4.75 Å². The van der Waals surface area contributed by atoms with Crippen molar-refractivity contribution < 1.29 is 15.0 Å². The average Bonchev–Trinajstić information content (AvgIpc) is 1.84. The van der Waals surface area contributed by atoms with Crippen molar-refractivity contribution in [2.75, 3.05) is 6.61 Å². The number of carboxylic acids is 1. The Balaban J connectivity index is 3.75. The van der Waals surface area contributed by atoms with Gasteiger partial charge in [-0.1, -0.05) is 0 Å². The lowest BCUT2D eigenvalue weighted by molar-refractivity contribution is -0.139. The molecule has 0 spiro atoms. The van der Waals surface area contributed by atoms with Crippen molar-refractivity contribution >= 4 is 18.6 Å². The van der Waals surface area contributed by atoms with Crippen LogP contribution in [0.4, 0.5) is 0 Å². The molecule has 2 N–H and O–H groups in total. The van der Waals surface area contributed by atoms with Crippen LogP contribution in [0, 0.1) is 0 Å². The highest BCUT2D eigenvalue weighted by molar-refractivity contribution is 7.82. The van der Waals surface area contributed by atoms with Gasteiger partial charge < -0.3 is 10.2 Å². The van der Waals surface area contributed by atoms with Crippen LogP contribution < -0.4 is 0 Å². The highest BCUT2D eigenvalue weighted by Gasteiger charge is 2.27. The molecule has 0 bridgehead atoms. The maximum absolute atomic E-state index is 10.4. The second kappa shape index (κ2) is 3.83. The molecule has 0 aliphatic heterocycles. The number of aliphatic hydroxyl groups excluding tert-OH is 1. The standard InChI is InChI=1S/C6H12O3S/c1-6(10,5(8)9)3-2-4-7/h7,10H,2-4H2,1H3,(H,8,9). The second-order valence-electron chi connectivity index (χ2n) is 2.41. The summed E-state index contributed by atoms with van der Waals surface area (Å²) in [6, 6.07) is 0. The molecule has 0 aromatic heterocycles. The summed E-state index contributed by atoms with van der Waals surface area (Å²) >= 11 is 3.90. The maximum Gasteiger partial charge on any atom is 0.319 e. The average molecular weight is 164 g/mol. The molecule has 0 fully saturated rings. The van der Waals surface area contributed by atoms with Crippen molar-refractivity contribution in [1.29, 1.82) is 0 Å².